The predicted octanol–water partition coefficient (Wildman–Crippen LogP) is -0.174. The van der Waals surface area contributed by atoms with Crippen molar-refractivity contribution < 1.29 is 19.3 Å². The van der Waals surface area contributed by atoms with Crippen LogP contribution in [0.5, 0.6) is 0 Å². The van der Waals surface area contributed by atoms with Crippen molar-refractivity contribution in [3.05, 3.63) is 0 Å². The topological polar surface area (TPSA) is 47.9 Å². The summed E-state index contributed by atoms with van der Waals surface area (Å²) in [6.45, 7) is 3.04. The van der Waals surface area contributed by atoms with Crippen LogP contribution in [0.15, 0.2) is 0 Å². The first-order valence-electron chi connectivity index (χ1n) is 5.51. The van der Waals surface area contributed by atoms with Gasteiger partial charge in [-0.1, -0.05) is 13.3 Å². The summed E-state index contributed by atoms with van der Waals surface area (Å²) in [7, 11) is 5.74. The fourth-order valence-electron chi connectivity index (χ4n) is 2.19. The first kappa shape index (κ1) is 11.4. The van der Waals surface area contributed by atoms with Crippen molar-refractivity contribution in [1.29, 1.82) is 0 Å². The van der Waals surface area contributed by atoms with Crippen molar-refractivity contribution in [3.63, 3.8) is 0 Å². The van der Waals surface area contributed by atoms with Crippen LogP contribution in [0, 0.1) is 0 Å². The SMILES string of the molecule is [B][C@@H]1O[C@@]2(CO)COC1C2OCCCC. The van der Waals surface area contributed by atoms with Gasteiger partial charge in [-0.05, 0) is 6.42 Å². The molecule has 0 spiro atoms. The van der Waals surface area contributed by atoms with E-state index in [1.165, 1.54) is 0 Å². The van der Waals surface area contributed by atoms with Crippen LogP contribution in [0.25, 0.3) is 0 Å². The van der Waals surface area contributed by atoms with Crippen molar-refractivity contribution in [2.75, 3.05) is 19.8 Å². The van der Waals surface area contributed by atoms with E-state index in [1.807, 2.05) is 0 Å². The second-order valence-electron chi connectivity index (χ2n) is 4.23. The van der Waals surface area contributed by atoms with E-state index in [1.54, 1.807) is 0 Å². The second-order valence-corrected chi connectivity index (χ2v) is 4.23. The fraction of sp³-hybridized carbons (Fsp3) is 1.00. The van der Waals surface area contributed by atoms with Crippen LogP contribution < -0.4 is 0 Å². The number of hydrogen-bond donors (Lipinski definition) is 1. The van der Waals surface area contributed by atoms with Gasteiger partial charge in [0, 0.05) is 12.6 Å². The Hall–Kier alpha value is -0.0951. The van der Waals surface area contributed by atoms with Gasteiger partial charge in [0.1, 0.15) is 25.7 Å². The van der Waals surface area contributed by atoms with Crippen LogP contribution >= 0.6 is 0 Å². The Morgan fingerprint density at radius 2 is 2.40 bits per heavy atom. The molecule has 84 valence electrons. The lowest BCUT2D eigenvalue weighted by Crippen LogP contribution is -2.45. The molecule has 0 saturated carbocycles. The number of unbranched alkanes of at least 4 members (excludes halogenated alkanes) is 1. The van der Waals surface area contributed by atoms with E-state index in [0.29, 0.717) is 13.2 Å². The lowest BCUT2D eigenvalue weighted by molar-refractivity contribution is -0.140. The maximum Gasteiger partial charge on any atom is 0.142 e. The molecule has 5 heteroatoms. The number of ether oxygens (including phenoxy) is 3. The van der Waals surface area contributed by atoms with Gasteiger partial charge in [0.25, 0.3) is 0 Å². The van der Waals surface area contributed by atoms with E-state index in [4.69, 9.17) is 22.1 Å². The summed E-state index contributed by atoms with van der Waals surface area (Å²) in [6, 6.07) is -0.475. The van der Waals surface area contributed by atoms with Gasteiger partial charge < -0.3 is 19.3 Å². The molecule has 0 aromatic carbocycles. The first-order chi connectivity index (χ1) is 7.23. The zero-order valence-corrected chi connectivity index (χ0v) is 9.02. The van der Waals surface area contributed by atoms with E-state index in [9.17, 15) is 5.11 Å². The van der Waals surface area contributed by atoms with Crippen molar-refractivity contribution in [3.8, 4) is 0 Å². The average Bonchev–Trinajstić information content (AvgIpc) is 2.71. The van der Waals surface area contributed by atoms with Gasteiger partial charge in [0.05, 0.1) is 13.2 Å². The van der Waals surface area contributed by atoms with Crippen LogP contribution in [0.3, 0.4) is 0 Å². The summed E-state index contributed by atoms with van der Waals surface area (Å²) in [5.41, 5.74) is -0.724. The Balaban J connectivity index is 1.97. The molecular formula is C10H17BO4. The molecule has 2 aliphatic heterocycles. The smallest absolute Gasteiger partial charge is 0.142 e. The lowest BCUT2D eigenvalue weighted by Gasteiger charge is -2.28. The minimum Gasteiger partial charge on any atom is -0.393 e. The molecule has 1 N–H and O–H groups in total. The molecule has 0 amide bonds. The molecule has 2 rings (SSSR count). The molecule has 2 heterocycles. The highest BCUT2D eigenvalue weighted by Gasteiger charge is 2.60. The summed E-state index contributed by atoms with van der Waals surface area (Å²) in [5, 5.41) is 9.35. The van der Waals surface area contributed by atoms with Crippen molar-refractivity contribution in [2.24, 2.45) is 0 Å². The number of aliphatic hydroxyl groups excluding tert-OH is 1. The summed E-state index contributed by atoms with van der Waals surface area (Å²) < 4.78 is 16.7. The molecule has 2 bridgehead atoms. The highest BCUT2D eigenvalue weighted by Crippen LogP contribution is 2.40. The molecule has 2 saturated heterocycles. The van der Waals surface area contributed by atoms with Gasteiger partial charge >= 0.3 is 0 Å². The van der Waals surface area contributed by atoms with E-state index >= 15 is 0 Å². The lowest BCUT2D eigenvalue weighted by atomic mass is 9.92. The van der Waals surface area contributed by atoms with Crippen LogP contribution in [-0.4, -0.2) is 56.6 Å². The highest BCUT2D eigenvalue weighted by molar-refractivity contribution is 6.11. The standard InChI is InChI=1S/C10H17BO4/c1-2-3-4-13-8-7-9(11)15-10(8,5-12)6-14-7/h7-9,12H,2-6H2,1H3/t7?,8?,9-,10+/m1/s1. The van der Waals surface area contributed by atoms with Crippen molar-refractivity contribution in [1.82, 2.24) is 0 Å². The molecule has 0 aliphatic carbocycles. The van der Waals surface area contributed by atoms with Gasteiger partial charge in [0.2, 0.25) is 0 Å². The van der Waals surface area contributed by atoms with Crippen molar-refractivity contribution in [2.45, 2.75) is 43.6 Å². The quantitative estimate of drug-likeness (QED) is 0.507. The highest BCUT2D eigenvalue weighted by atomic mass is 16.7. The number of rotatable bonds is 5. The average molecular weight is 212 g/mol. The molecule has 2 unspecified atom stereocenters. The summed E-state index contributed by atoms with van der Waals surface area (Å²) in [4.78, 5) is 0. The third-order valence-corrected chi connectivity index (χ3v) is 3.09. The maximum absolute atomic E-state index is 9.35. The summed E-state index contributed by atoms with van der Waals surface area (Å²) >= 11 is 0. The van der Waals surface area contributed by atoms with Gasteiger partial charge in [0.15, 0.2) is 0 Å². The zero-order valence-electron chi connectivity index (χ0n) is 9.02. The maximum atomic E-state index is 9.35. The molecule has 2 aliphatic rings. The Bertz CT molecular complexity index is 225. The van der Waals surface area contributed by atoms with E-state index in [0.717, 1.165) is 12.8 Å². The van der Waals surface area contributed by atoms with E-state index in [2.05, 4.69) is 6.92 Å². The molecular weight excluding hydrogens is 195 g/mol. The normalized spacial score (nSPS) is 43.7. The molecule has 0 aromatic heterocycles. The Labute approximate surface area is 91.3 Å². The van der Waals surface area contributed by atoms with Gasteiger partial charge in [-0.2, -0.15) is 0 Å². The molecule has 0 aromatic rings. The monoisotopic (exact) mass is 212 g/mol. The zero-order chi connectivity index (χ0) is 10.9. The number of aliphatic hydroxyl groups is 1. The number of hydrogen-bond acceptors (Lipinski definition) is 4. The molecule has 4 atom stereocenters. The predicted molar refractivity (Wildman–Crippen MR) is 54.8 cm³/mol. The van der Waals surface area contributed by atoms with Gasteiger partial charge in [-0.25, -0.2) is 0 Å². The third kappa shape index (κ3) is 1.82. The van der Waals surface area contributed by atoms with Crippen LogP contribution in [-0.2, 0) is 14.2 Å². The summed E-state index contributed by atoms with van der Waals surface area (Å²) in [6.07, 6.45) is 1.63. The Morgan fingerprint density at radius 3 is 3.00 bits per heavy atom. The van der Waals surface area contributed by atoms with E-state index < -0.39 is 11.6 Å². The van der Waals surface area contributed by atoms with Gasteiger partial charge in [-0.3, -0.25) is 0 Å². The molecule has 4 nitrogen and oxygen atoms in total. The minimum atomic E-state index is -0.724. The Morgan fingerprint density at radius 1 is 1.60 bits per heavy atom. The number of fused-ring (bicyclic) bond motifs is 2. The van der Waals surface area contributed by atoms with E-state index in [-0.39, 0.29) is 18.8 Å². The molecule has 15 heavy (non-hydrogen) atoms. The Kier molecular flexibility index (Phi) is 3.35. The summed E-state index contributed by atoms with van der Waals surface area (Å²) in [5.74, 6) is 0. The van der Waals surface area contributed by atoms with Crippen LogP contribution in [0.1, 0.15) is 19.8 Å². The largest absolute Gasteiger partial charge is 0.393 e. The third-order valence-electron chi connectivity index (χ3n) is 3.09. The fourth-order valence-corrected chi connectivity index (χ4v) is 2.19. The first-order valence-corrected chi connectivity index (χ1v) is 5.51. The molecule has 2 fully saturated rings. The minimum absolute atomic E-state index is 0.103. The molecule has 2 radical (unpaired) electrons. The van der Waals surface area contributed by atoms with Crippen molar-refractivity contribution >= 4 is 7.85 Å². The van der Waals surface area contributed by atoms with Crippen LogP contribution in [0.4, 0.5) is 0 Å². The van der Waals surface area contributed by atoms with Gasteiger partial charge in [-0.15, -0.1) is 0 Å². The van der Waals surface area contributed by atoms with Crippen LogP contribution in [0.2, 0.25) is 0 Å². The second kappa shape index (κ2) is 4.41.